The highest BCUT2D eigenvalue weighted by molar-refractivity contribution is 7.89. The maximum absolute atomic E-state index is 13.6. The Morgan fingerprint density at radius 1 is 1.29 bits per heavy atom. The van der Waals surface area contributed by atoms with E-state index >= 15 is 0 Å². The molecule has 0 spiro atoms. The SMILES string of the molecule is COc1cccc(C(CF)NS(=O)(=O)c2ccc3oc(C(=O)O)c(C)c3c2)c1. The molecule has 0 fully saturated rings. The number of carboxylic acids is 1. The van der Waals surface area contributed by atoms with Crippen LogP contribution in [0.5, 0.6) is 5.75 Å². The first-order valence-electron chi connectivity index (χ1n) is 8.25. The minimum Gasteiger partial charge on any atom is -0.497 e. The molecule has 1 heterocycles. The number of carboxylic acid groups (broad SMARTS) is 1. The van der Waals surface area contributed by atoms with E-state index in [1.54, 1.807) is 24.3 Å². The molecule has 0 aliphatic heterocycles. The van der Waals surface area contributed by atoms with Gasteiger partial charge < -0.3 is 14.3 Å². The number of hydrogen-bond donors (Lipinski definition) is 2. The standard InChI is InChI=1S/C19H18FNO6S/c1-11-15-9-14(6-7-17(15)27-18(11)19(22)23)28(24,25)21-16(10-20)12-4-3-5-13(8-12)26-2/h3-9,16,21H,10H2,1-2H3,(H,22,23). The molecule has 1 atom stereocenters. The molecule has 0 saturated carbocycles. The van der Waals surface area contributed by atoms with E-state index < -0.39 is 28.7 Å². The quantitative estimate of drug-likeness (QED) is 0.622. The van der Waals surface area contributed by atoms with Crippen LogP contribution in [0.1, 0.15) is 27.7 Å². The van der Waals surface area contributed by atoms with Crippen molar-refractivity contribution in [3.63, 3.8) is 0 Å². The third kappa shape index (κ3) is 3.71. The van der Waals surface area contributed by atoms with Crippen LogP contribution in [0.4, 0.5) is 4.39 Å². The van der Waals surface area contributed by atoms with E-state index in [0.717, 1.165) is 0 Å². The highest BCUT2D eigenvalue weighted by Gasteiger charge is 2.24. The molecule has 0 aliphatic carbocycles. The zero-order chi connectivity index (χ0) is 20.5. The average molecular weight is 407 g/mol. The number of aryl methyl sites for hydroxylation is 1. The van der Waals surface area contributed by atoms with Crippen LogP contribution in [0, 0.1) is 6.92 Å². The van der Waals surface area contributed by atoms with Crippen LogP contribution in [0.2, 0.25) is 0 Å². The first kappa shape index (κ1) is 19.8. The second-order valence-electron chi connectivity index (χ2n) is 6.12. The van der Waals surface area contributed by atoms with Crippen molar-refractivity contribution in [3.8, 4) is 5.75 Å². The van der Waals surface area contributed by atoms with E-state index in [-0.39, 0.29) is 16.2 Å². The minimum atomic E-state index is -4.08. The highest BCUT2D eigenvalue weighted by atomic mass is 32.2. The number of furan rings is 1. The van der Waals surface area contributed by atoms with E-state index in [1.165, 1.54) is 32.2 Å². The number of sulfonamides is 1. The van der Waals surface area contributed by atoms with Crippen LogP contribution in [-0.4, -0.2) is 33.3 Å². The van der Waals surface area contributed by atoms with Crippen LogP contribution in [-0.2, 0) is 10.0 Å². The van der Waals surface area contributed by atoms with Gasteiger partial charge >= 0.3 is 5.97 Å². The fraction of sp³-hybridized carbons (Fsp3) is 0.211. The van der Waals surface area contributed by atoms with E-state index in [1.807, 2.05) is 0 Å². The Labute approximate surface area is 160 Å². The molecule has 7 nitrogen and oxygen atoms in total. The zero-order valence-electron chi connectivity index (χ0n) is 15.1. The fourth-order valence-electron chi connectivity index (χ4n) is 2.87. The zero-order valence-corrected chi connectivity index (χ0v) is 15.9. The number of carbonyl (C=O) groups is 1. The van der Waals surface area contributed by atoms with Crippen molar-refractivity contribution in [1.29, 1.82) is 0 Å². The van der Waals surface area contributed by atoms with Gasteiger partial charge in [0.1, 0.15) is 18.0 Å². The molecule has 3 aromatic rings. The summed E-state index contributed by atoms with van der Waals surface area (Å²) < 4.78 is 51.8. The lowest BCUT2D eigenvalue weighted by atomic mass is 10.1. The fourth-order valence-corrected chi connectivity index (χ4v) is 4.10. The van der Waals surface area contributed by atoms with Crippen molar-refractivity contribution in [1.82, 2.24) is 4.72 Å². The van der Waals surface area contributed by atoms with E-state index in [0.29, 0.717) is 22.3 Å². The number of nitrogens with one attached hydrogen (secondary N) is 1. The molecule has 2 N–H and O–H groups in total. The molecular formula is C19H18FNO6S. The monoisotopic (exact) mass is 407 g/mol. The molecule has 3 rings (SSSR count). The Bertz CT molecular complexity index is 1140. The van der Waals surface area contributed by atoms with Gasteiger partial charge in [-0.05, 0) is 42.8 Å². The largest absolute Gasteiger partial charge is 0.497 e. The van der Waals surface area contributed by atoms with E-state index in [2.05, 4.69) is 4.72 Å². The Kier molecular flexibility index (Phi) is 5.39. The maximum Gasteiger partial charge on any atom is 0.372 e. The second kappa shape index (κ2) is 7.61. The lowest BCUT2D eigenvalue weighted by Crippen LogP contribution is -2.30. The molecule has 148 valence electrons. The van der Waals surface area contributed by atoms with Crippen molar-refractivity contribution >= 4 is 27.0 Å². The van der Waals surface area contributed by atoms with Gasteiger partial charge in [-0.15, -0.1) is 0 Å². The number of benzene rings is 2. The Morgan fingerprint density at radius 3 is 2.68 bits per heavy atom. The van der Waals surface area contributed by atoms with Gasteiger partial charge in [-0.1, -0.05) is 12.1 Å². The Balaban J connectivity index is 1.97. The van der Waals surface area contributed by atoms with Crippen LogP contribution >= 0.6 is 0 Å². The van der Waals surface area contributed by atoms with Crippen molar-refractivity contribution in [2.45, 2.75) is 17.9 Å². The molecule has 1 aromatic heterocycles. The summed E-state index contributed by atoms with van der Waals surface area (Å²) in [6, 6.07) is 9.31. The first-order valence-corrected chi connectivity index (χ1v) is 9.74. The third-order valence-corrected chi connectivity index (χ3v) is 5.83. The van der Waals surface area contributed by atoms with Crippen LogP contribution in [0.25, 0.3) is 11.0 Å². The number of ether oxygens (including phenoxy) is 1. The van der Waals surface area contributed by atoms with Crippen molar-refractivity contribution in [3.05, 3.63) is 59.4 Å². The summed E-state index contributed by atoms with van der Waals surface area (Å²) in [5.74, 6) is -1.02. The molecule has 2 aromatic carbocycles. The molecule has 0 saturated heterocycles. The number of rotatable bonds is 7. The first-order chi connectivity index (χ1) is 13.3. The molecule has 9 heteroatoms. The number of aromatic carboxylic acids is 1. The number of halogens is 1. The van der Waals surface area contributed by atoms with Gasteiger partial charge in [0, 0.05) is 10.9 Å². The van der Waals surface area contributed by atoms with E-state index in [4.69, 9.17) is 14.3 Å². The summed E-state index contributed by atoms with van der Waals surface area (Å²) in [6.45, 7) is 0.572. The van der Waals surface area contributed by atoms with Crippen LogP contribution in [0.15, 0.2) is 51.8 Å². The Hall–Kier alpha value is -2.91. The summed E-state index contributed by atoms with van der Waals surface area (Å²) in [5, 5.41) is 9.50. The van der Waals surface area contributed by atoms with Crippen molar-refractivity contribution < 1.29 is 31.9 Å². The molecule has 0 bridgehead atoms. The van der Waals surface area contributed by atoms with Gasteiger partial charge in [-0.25, -0.2) is 22.3 Å². The lowest BCUT2D eigenvalue weighted by molar-refractivity contribution is 0.0664. The smallest absolute Gasteiger partial charge is 0.372 e. The maximum atomic E-state index is 13.6. The molecular weight excluding hydrogens is 389 g/mol. The minimum absolute atomic E-state index is 0.123. The highest BCUT2D eigenvalue weighted by Crippen LogP contribution is 2.29. The molecule has 28 heavy (non-hydrogen) atoms. The summed E-state index contributed by atoms with van der Waals surface area (Å²) in [6.07, 6.45) is 0. The summed E-state index contributed by atoms with van der Waals surface area (Å²) in [7, 11) is -2.62. The van der Waals surface area contributed by atoms with Crippen molar-refractivity contribution in [2.24, 2.45) is 0 Å². The van der Waals surface area contributed by atoms with E-state index in [9.17, 15) is 17.6 Å². The van der Waals surface area contributed by atoms with Crippen LogP contribution < -0.4 is 9.46 Å². The molecule has 0 amide bonds. The van der Waals surface area contributed by atoms with Gasteiger partial charge in [0.15, 0.2) is 0 Å². The number of hydrogen-bond acceptors (Lipinski definition) is 5. The van der Waals surface area contributed by atoms with Crippen LogP contribution in [0.3, 0.4) is 0 Å². The number of alkyl halides is 1. The van der Waals surface area contributed by atoms with Gasteiger partial charge in [0.2, 0.25) is 15.8 Å². The predicted molar refractivity (Wildman–Crippen MR) is 99.9 cm³/mol. The van der Waals surface area contributed by atoms with Crippen molar-refractivity contribution in [2.75, 3.05) is 13.8 Å². The number of fused-ring (bicyclic) bond motifs is 1. The lowest BCUT2D eigenvalue weighted by Gasteiger charge is -2.17. The number of methoxy groups -OCH3 is 1. The summed E-state index contributed by atoms with van der Waals surface area (Å²) in [4.78, 5) is 11.1. The van der Waals surface area contributed by atoms with Gasteiger partial charge in [-0.2, -0.15) is 0 Å². The third-order valence-electron chi connectivity index (χ3n) is 4.36. The average Bonchev–Trinajstić information content (AvgIpc) is 3.02. The topological polar surface area (TPSA) is 106 Å². The Morgan fingerprint density at radius 2 is 2.04 bits per heavy atom. The summed E-state index contributed by atoms with van der Waals surface area (Å²) in [5.41, 5.74) is 0.984. The molecule has 1 unspecified atom stereocenters. The normalized spacial score (nSPS) is 12.8. The van der Waals surface area contributed by atoms with Gasteiger partial charge in [0.25, 0.3) is 0 Å². The molecule has 0 aliphatic rings. The predicted octanol–water partition coefficient (Wildman–Crippen LogP) is 3.44. The summed E-state index contributed by atoms with van der Waals surface area (Å²) >= 11 is 0. The van der Waals surface area contributed by atoms with Gasteiger partial charge in [0.05, 0.1) is 18.0 Å². The molecule has 0 radical (unpaired) electrons. The van der Waals surface area contributed by atoms with Gasteiger partial charge in [-0.3, -0.25) is 0 Å². The second-order valence-corrected chi connectivity index (χ2v) is 7.84.